The standard InChI is InChI=1S/C13H25N3O3/c1-10(17)16-6-4-5-11(8-16)13(19)14-7-12(18)9-15(2)3/h11-12,18H,4-9H2,1-3H3,(H,14,19)/t11-,12-/m1/s1. The van der Waals surface area contributed by atoms with Crippen molar-refractivity contribution in [2.24, 2.45) is 5.92 Å². The Morgan fingerprint density at radius 1 is 1.47 bits per heavy atom. The van der Waals surface area contributed by atoms with Gasteiger partial charge in [0, 0.05) is 33.1 Å². The van der Waals surface area contributed by atoms with Gasteiger partial charge in [-0.15, -0.1) is 0 Å². The van der Waals surface area contributed by atoms with Crippen molar-refractivity contribution in [2.45, 2.75) is 25.9 Å². The lowest BCUT2D eigenvalue weighted by molar-refractivity contribution is -0.134. The summed E-state index contributed by atoms with van der Waals surface area (Å²) in [7, 11) is 3.74. The van der Waals surface area contributed by atoms with Crippen LogP contribution in [0.1, 0.15) is 19.8 Å². The van der Waals surface area contributed by atoms with Crippen LogP contribution in [0.5, 0.6) is 0 Å². The highest BCUT2D eigenvalue weighted by atomic mass is 16.3. The van der Waals surface area contributed by atoms with Crippen LogP contribution in [0.4, 0.5) is 0 Å². The van der Waals surface area contributed by atoms with Crippen LogP contribution in [0.15, 0.2) is 0 Å². The quantitative estimate of drug-likeness (QED) is 0.692. The molecule has 0 aromatic carbocycles. The van der Waals surface area contributed by atoms with Gasteiger partial charge in [-0.3, -0.25) is 9.59 Å². The Morgan fingerprint density at radius 2 is 2.16 bits per heavy atom. The average molecular weight is 271 g/mol. The molecule has 2 atom stereocenters. The Bertz CT molecular complexity index is 320. The van der Waals surface area contributed by atoms with Gasteiger partial charge in [-0.2, -0.15) is 0 Å². The van der Waals surface area contributed by atoms with Crippen LogP contribution < -0.4 is 5.32 Å². The van der Waals surface area contributed by atoms with Gasteiger partial charge in [-0.05, 0) is 26.9 Å². The van der Waals surface area contributed by atoms with E-state index in [4.69, 9.17) is 0 Å². The molecule has 6 heteroatoms. The molecule has 0 spiro atoms. The molecule has 0 aromatic heterocycles. The maximum atomic E-state index is 12.0. The fourth-order valence-electron chi connectivity index (χ4n) is 2.33. The Morgan fingerprint density at radius 3 is 2.74 bits per heavy atom. The fourth-order valence-corrected chi connectivity index (χ4v) is 2.33. The molecule has 0 aliphatic carbocycles. The number of aliphatic hydroxyl groups is 1. The Labute approximate surface area is 114 Å². The summed E-state index contributed by atoms with van der Waals surface area (Å²) in [6.45, 7) is 3.53. The number of hydrogen-bond donors (Lipinski definition) is 2. The van der Waals surface area contributed by atoms with E-state index in [-0.39, 0.29) is 24.3 Å². The molecule has 19 heavy (non-hydrogen) atoms. The van der Waals surface area contributed by atoms with E-state index in [0.29, 0.717) is 13.1 Å². The minimum atomic E-state index is -0.563. The van der Waals surface area contributed by atoms with Crippen molar-refractivity contribution < 1.29 is 14.7 Å². The van der Waals surface area contributed by atoms with Crippen molar-refractivity contribution in [3.8, 4) is 0 Å². The summed E-state index contributed by atoms with van der Waals surface area (Å²) < 4.78 is 0. The third-order valence-electron chi connectivity index (χ3n) is 3.33. The van der Waals surface area contributed by atoms with Crippen molar-refractivity contribution in [3.05, 3.63) is 0 Å². The van der Waals surface area contributed by atoms with E-state index in [1.807, 2.05) is 19.0 Å². The molecule has 0 saturated carbocycles. The zero-order chi connectivity index (χ0) is 14.4. The van der Waals surface area contributed by atoms with Gasteiger partial charge >= 0.3 is 0 Å². The monoisotopic (exact) mass is 271 g/mol. The first-order chi connectivity index (χ1) is 8.90. The van der Waals surface area contributed by atoms with E-state index in [1.54, 1.807) is 4.90 Å². The maximum Gasteiger partial charge on any atom is 0.224 e. The fraction of sp³-hybridized carbons (Fsp3) is 0.846. The van der Waals surface area contributed by atoms with E-state index in [2.05, 4.69) is 5.32 Å². The normalized spacial score (nSPS) is 21.3. The number of carbonyl (C=O) groups is 2. The number of nitrogens with one attached hydrogen (secondary N) is 1. The van der Waals surface area contributed by atoms with Crippen molar-refractivity contribution >= 4 is 11.8 Å². The number of piperidine rings is 1. The lowest BCUT2D eigenvalue weighted by atomic mass is 9.97. The summed E-state index contributed by atoms with van der Waals surface area (Å²) in [6.07, 6.45) is 1.10. The molecule has 1 saturated heterocycles. The topological polar surface area (TPSA) is 72.9 Å². The molecule has 1 heterocycles. The van der Waals surface area contributed by atoms with Crippen LogP contribution in [0.3, 0.4) is 0 Å². The maximum absolute atomic E-state index is 12.0. The van der Waals surface area contributed by atoms with Crippen LogP contribution in [-0.2, 0) is 9.59 Å². The third kappa shape index (κ3) is 5.57. The molecule has 0 radical (unpaired) electrons. The van der Waals surface area contributed by atoms with Gasteiger partial charge in [0.15, 0.2) is 0 Å². The van der Waals surface area contributed by atoms with E-state index < -0.39 is 6.10 Å². The van der Waals surface area contributed by atoms with Gasteiger partial charge in [0.2, 0.25) is 11.8 Å². The number of aliphatic hydroxyl groups excluding tert-OH is 1. The van der Waals surface area contributed by atoms with Crippen molar-refractivity contribution in [1.82, 2.24) is 15.1 Å². The predicted molar refractivity (Wildman–Crippen MR) is 72.5 cm³/mol. The minimum Gasteiger partial charge on any atom is -0.390 e. The summed E-state index contributed by atoms with van der Waals surface area (Å²) >= 11 is 0. The van der Waals surface area contributed by atoms with Gasteiger partial charge in [0.25, 0.3) is 0 Å². The first-order valence-corrected chi connectivity index (χ1v) is 6.76. The van der Waals surface area contributed by atoms with Gasteiger partial charge in [-0.25, -0.2) is 0 Å². The molecule has 1 fully saturated rings. The number of nitrogens with zero attached hydrogens (tertiary/aromatic N) is 2. The van der Waals surface area contributed by atoms with Crippen molar-refractivity contribution in [1.29, 1.82) is 0 Å². The number of carbonyl (C=O) groups excluding carboxylic acids is 2. The number of hydrogen-bond acceptors (Lipinski definition) is 4. The van der Waals surface area contributed by atoms with Gasteiger partial charge < -0.3 is 20.2 Å². The molecular formula is C13H25N3O3. The zero-order valence-electron chi connectivity index (χ0n) is 12.1. The molecule has 1 rings (SSSR count). The molecule has 2 N–H and O–H groups in total. The molecular weight excluding hydrogens is 246 g/mol. The number of likely N-dealkylation sites (tertiary alicyclic amines) is 1. The first kappa shape index (κ1) is 15.9. The Hall–Kier alpha value is -1.14. The summed E-state index contributed by atoms with van der Waals surface area (Å²) in [5, 5.41) is 12.4. The van der Waals surface area contributed by atoms with Crippen molar-refractivity contribution in [3.63, 3.8) is 0 Å². The van der Waals surface area contributed by atoms with Gasteiger partial charge in [0.05, 0.1) is 12.0 Å². The molecule has 0 aromatic rings. The zero-order valence-corrected chi connectivity index (χ0v) is 12.1. The van der Waals surface area contributed by atoms with Crippen molar-refractivity contribution in [2.75, 3.05) is 40.3 Å². The van der Waals surface area contributed by atoms with E-state index in [0.717, 1.165) is 19.4 Å². The molecule has 2 amide bonds. The summed E-state index contributed by atoms with van der Waals surface area (Å²) in [5.41, 5.74) is 0. The van der Waals surface area contributed by atoms with Gasteiger partial charge in [-0.1, -0.05) is 0 Å². The predicted octanol–water partition coefficient (Wildman–Crippen LogP) is -0.716. The number of amides is 2. The number of likely N-dealkylation sites (N-methyl/N-ethyl adjacent to an activating group) is 1. The Balaban J connectivity index is 2.34. The van der Waals surface area contributed by atoms with Crippen LogP contribution in [0.2, 0.25) is 0 Å². The lowest BCUT2D eigenvalue weighted by Gasteiger charge is -2.31. The highest BCUT2D eigenvalue weighted by Gasteiger charge is 2.27. The third-order valence-corrected chi connectivity index (χ3v) is 3.33. The highest BCUT2D eigenvalue weighted by Crippen LogP contribution is 2.16. The smallest absolute Gasteiger partial charge is 0.224 e. The van der Waals surface area contributed by atoms with Crippen LogP contribution in [0.25, 0.3) is 0 Å². The molecule has 1 aliphatic heterocycles. The SMILES string of the molecule is CC(=O)N1CCC[C@@H](C(=O)NC[C@@H](O)CN(C)C)C1. The second kappa shape index (κ2) is 7.45. The summed E-state index contributed by atoms with van der Waals surface area (Å²) in [4.78, 5) is 26.9. The first-order valence-electron chi connectivity index (χ1n) is 6.76. The van der Waals surface area contributed by atoms with Gasteiger partial charge in [0.1, 0.15) is 0 Å². The molecule has 0 bridgehead atoms. The molecule has 6 nitrogen and oxygen atoms in total. The summed E-state index contributed by atoms with van der Waals surface area (Å²) in [5.74, 6) is -0.196. The Kier molecular flexibility index (Phi) is 6.24. The van der Waals surface area contributed by atoms with E-state index in [9.17, 15) is 14.7 Å². The van der Waals surface area contributed by atoms with E-state index in [1.165, 1.54) is 6.92 Å². The average Bonchev–Trinajstić information content (AvgIpc) is 2.35. The lowest BCUT2D eigenvalue weighted by Crippen LogP contribution is -2.46. The van der Waals surface area contributed by atoms with Crippen LogP contribution in [-0.4, -0.2) is 73.1 Å². The highest BCUT2D eigenvalue weighted by molar-refractivity contribution is 5.80. The molecule has 0 unspecified atom stereocenters. The van der Waals surface area contributed by atoms with Crippen LogP contribution in [0, 0.1) is 5.92 Å². The van der Waals surface area contributed by atoms with E-state index >= 15 is 0 Å². The minimum absolute atomic E-state index is 0.0187. The van der Waals surface area contributed by atoms with Crippen LogP contribution >= 0.6 is 0 Å². The largest absolute Gasteiger partial charge is 0.390 e. The molecule has 110 valence electrons. The molecule has 1 aliphatic rings. The summed E-state index contributed by atoms with van der Waals surface area (Å²) in [6, 6.07) is 0. The second-order valence-electron chi connectivity index (χ2n) is 5.47. The number of rotatable bonds is 5. The second-order valence-corrected chi connectivity index (χ2v) is 5.47.